The van der Waals surface area contributed by atoms with Gasteiger partial charge in [-0.3, -0.25) is 14.9 Å². The van der Waals surface area contributed by atoms with Gasteiger partial charge in [-0.15, -0.1) is 0 Å². The second kappa shape index (κ2) is 8.18. The lowest BCUT2D eigenvalue weighted by atomic mass is 10.1. The molecule has 2 aliphatic rings. The van der Waals surface area contributed by atoms with Gasteiger partial charge in [-0.05, 0) is 69.1 Å². The number of likely N-dealkylation sites (tertiary alicyclic amines) is 1. The summed E-state index contributed by atoms with van der Waals surface area (Å²) in [4.78, 5) is 10.6. The van der Waals surface area contributed by atoms with Gasteiger partial charge in [0.15, 0.2) is 0 Å². The molecule has 0 radical (unpaired) electrons. The van der Waals surface area contributed by atoms with Gasteiger partial charge >= 0.3 is 0 Å². The largest absolute Gasteiger partial charge is 0.310 e. The highest BCUT2D eigenvalue weighted by atomic mass is 15.1. The summed E-state index contributed by atoms with van der Waals surface area (Å²) >= 11 is 0. The Morgan fingerprint density at radius 2 is 1.74 bits per heavy atom. The van der Waals surface area contributed by atoms with Crippen molar-refractivity contribution >= 4 is 0 Å². The number of hydrogen-bond acceptors (Lipinski definition) is 4. The molecule has 0 saturated carbocycles. The number of aromatic nitrogens is 2. The summed E-state index contributed by atoms with van der Waals surface area (Å²) in [7, 11) is 2.19. The molecule has 0 spiro atoms. The third-order valence-electron chi connectivity index (χ3n) is 4.74. The van der Waals surface area contributed by atoms with Gasteiger partial charge in [0.2, 0.25) is 0 Å². The zero-order valence-corrected chi connectivity index (χ0v) is 13.9. The Hall–Kier alpha value is -1.78. The second-order valence-corrected chi connectivity index (χ2v) is 6.36. The van der Waals surface area contributed by atoms with Crippen LogP contribution in [0.3, 0.4) is 0 Å². The molecule has 2 unspecified atom stereocenters. The molecule has 4 rings (SSSR count). The minimum Gasteiger partial charge on any atom is -0.310 e. The van der Waals surface area contributed by atoms with E-state index in [1.807, 2.05) is 36.9 Å². The molecule has 1 N–H and O–H groups in total. The van der Waals surface area contributed by atoms with Crippen LogP contribution >= 0.6 is 0 Å². The lowest BCUT2D eigenvalue weighted by molar-refractivity contribution is 0.317. The first kappa shape index (κ1) is 16.1. The van der Waals surface area contributed by atoms with Gasteiger partial charge in [-0.25, -0.2) is 0 Å². The van der Waals surface area contributed by atoms with E-state index in [4.69, 9.17) is 0 Å². The van der Waals surface area contributed by atoms with E-state index < -0.39 is 0 Å². The van der Waals surface area contributed by atoms with Crippen LogP contribution in [0.1, 0.15) is 48.9 Å². The van der Waals surface area contributed by atoms with Gasteiger partial charge in [0, 0.05) is 36.9 Å². The van der Waals surface area contributed by atoms with Crippen LogP contribution in [0.4, 0.5) is 0 Å². The maximum Gasteiger partial charge on any atom is 0.0360 e. The summed E-state index contributed by atoms with van der Waals surface area (Å²) in [5.74, 6) is 0. The topological polar surface area (TPSA) is 41.1 Å². The van der Waals surface area contributed by atoms with Gasteiger partial charge in [0.1, 0.15) is 0 Å². The van der Waals surface area contributed by atoms with Gasteiger partial charge in [0.05, 0.1) is 0 Å². The number of rotatable bonds is 2. The van der Waals surface area contributed by atoms with Crippen LogP contribution in [-0.4, -0.2) is 35.0 Å². The van der Waals surface area contributed by atoms with Crippen LogP contribution in [0.15, 0.2) is 49.1 Å². The van der Waals surface area contributed by atoms with Crippen LogP contribution in [0.2, 0.25) is 0 Å². The molecule has 2 aromatic heterocycles. The average molecular weight is 310 g/mol. The average Bonchev–Trinajstić information content (AvgIpc) is 3.29. The van der Waals surface area contributed by atoms with Crippen LogP contribution in [0.5, 0.6) is 0 Å². The molecule has 2 atom stereocenters. The third-order valence-corrected chi connectivity index (χ3v) is 4.74. The van der Waals surface area contributed by atoms with E-state index in [0.717, 1.165) is 6.54 Å². The molecular weight excluding hydrogens is 284 g/mol. The molecule has 122 valence electrons. The van der Waals surface area contributed by atoms with E-state index in [2.05, 4.69) is 39.4 Å². The molecule has 0 aromatic carbocycles. The Morgan fingerprint density at radius 1 is 1.00 bits per heavy atom. The predicted octanol–water partition coefficient (Wildman–Crippen LogP) is 3.35. The first-order valence-electron chi connectivity index (χ1n) is 8.58. The Morgan fingerprint density at radius 3 is 2.26 bits per heavy atom. The molecule has 0 amide bonds. The number of hydrogen-bond donors (Lipinski definition) is 1. The molecule has 2 aromatic rings. The summed E-state index contributed by atoms with van der Waals surface area (Å²) in [6.07, 6.45) is 12.7. The molecule has 4 heteroatoms. The zero-order valence-electron chi connectivity index (χ0n) is 13.9. The second-order valence-electron chi connectivity index (χ2n) is 6.36. The lowest BCUT2D eigenvalue weighted by Gasteiger charge is -2.18. The van der Waals surface area contributed by atoms with E-state index >= 15 is 0 Å². The Kier molecular flexibility index (Phi) is 5.72. The van der Waals surface area contributed by atoms with Gasteiger partial charge in [-0.1, -0.05) is 12.1 Å². The number of nitrogens with zero attached hydrogens (tertiary/aromatic N) is 3. The molecular formula is C19H26N4. The van der Waals surface area contributed by atoms with Crippen LogP contribution in [0, 0.1) is 0 Å². The van der Waals surface area contributed by atoms with Crippen molar-refractivity contribution in [2.45, 2.75) is 37.8 Å². The van der Waals surface area contributed by atoms with Crippen molar-refractivity contribution in [2.75, 3.05) is 20.1 Å². The fourth-order valence-electron chi connectivity index (χ4n) is 3.46. The number of nitrogens with one attached hydrogen (secondary N) is 1. The highest BCUT2D eigenvalue weighted by molar-refractivity contribution is 5.15. The SMILES string of the molecule is CN1CCCC1c1cccnc1.c1cncc(C2CCCN2)c1. The van der Waals surface area contributed by atoms with Gasteiger partial charge in [0.25, 0.3) is 0 Å². The Labute approximate surface area is 139 Å². The number of pyridine rings is 2. The fraction of sp³-hybridized carbons (Fsp3) is 0.474. The highest BCUT2D eigenvalue weighted by Crippen LogP contribution is 2.29. The molecule has 2 aliphatic heterocycles. The maximum atomic E-state index is 4.14. The quantitative estimate of drug-likeness (QED) is 0.923. The van der Waals surface area contributed by atoms with Crippen molar-refractivity contribution < 1.29 is 0 Å². The van der Waals surface area contributed by atoms with Gasteiger partial charge < -0.3 is 5.32 Å². The van der Waals surface area contributed by atoms with Crippen molar-refractivity contribution in [1.29, 1.82) is 0 Å². The van der Waals surface area contributed by atoms with Gasteiger partial charge in [-0.2, -0.15) is 0 Å². The Balaban J connectivity index is 0.000000136. The monoisotopic (exact) mass is 310 g/mol. The molecule has 4 nitrogen and oxygen atoms in total. The van der Waals surface area contributed by atoms with Crippen LogP contribution < -0.4 is 5.32 Å². The zero-order chi connectivity index (χ0) is 15.9. The van der Waals surface area contributed by atoms with E-state index in [9.17, 15) is 0 Å². The maximum absolute atomic E-state index is 4.14. The first-order valence-corrected chi connectivity index (χ1v) is 8.58. The van der Waals surface area contributed by atoms with Crippen molar-refractivity contribution in [1.82, 2.24) is 20.2 Å². The smallest absolute Gasteiger partial charge is 0.0360 e. The standard InChI is InChI=1S/C10H14N2.C9H12N2/c1-12-7-3-5-10(12)9-4-2-6-11-8-9;1-3-8(7-10-5-1)9-4-2-6-11-9/h2,4,6,8,10H,3,5,7H2,1H3;1,3,5,7,9,11H,2,4,6H2. The predicted molar refractivity (Wildman–Crippen MR) is 93.1 cm³/mol. The first-order chi connectivity index (χ1) is 11.3. The molecule has 0 aliphatic carbocycles. The van der Waals surface area contributed by atoms with E-state index in [0.29, 0.717) is 12.1 Å². The van der Waals surface area contributed by atoms with E-state index in [1.165, 1.54) is 43.4 Å². The summed E-state index contributed by atoms with van der Waals surface area (Å²) < 4.78 is 0. The molecule has 2 saturated heterocycles. The Bertz CT molecular complexity index is 566. The highest BCUT2D eigenvalue weighted by Gasteiger charge is 2.22. The van der Waals surface area contributed by atoms with E-state index in [-0.39, 0.29) is 0 Å². The summed E-state index contributed by atoms with van der Waals surface area (Å²) in [6, 6.07) is 9.48. The van der Waals surface area contributed by atoms with Crippen molar-refractivity contribution in [3.8, 4) is 0 Å². The molecule has 4 heterocycles. The summed E-state index contributed by atoms with van der Waals surface area (Å²) in [5, 5.41) is 3.43. The lowest BCUT2D eigenvalue weighted by Crippen LogP contribution is -2.17. The summed E-state index contributed by atoms with van der Waals surface area (Å²) in [5.41, 5.74) is 2.68. The molecule has 2 fully saturated rings. The van der Waals surface area contributed by atoms with Crippen LogP contribution in [0.25, 0.3) is 0 Å². The fourth-order valence-corrected chi connectivity index (χ4v) is 3.46. The van der Waals surface area contributed by atoms with E-state index in [1.54, 1.807) is 0 Å². The molecule has 23 heavy (non-hydrogen) atoms. The van der Waals surface area contributed by atoms with Crippen molar-refractivity contribution in [2.24, 2.45) is 0 Å². The van der Waals surface area contributed by atoms with Crippen LogP contribution in [-0.2, 0) is 0 Å². The van der Waals surface area contributed by atoms with Crippen molar-refractivity contribution in [3.05, 3.63) is 60.2 Å². The van der Waals surface area contributed by atoms with Crippen molar-refractivity contribution in [3.63, 3.8) is 0 Å². The minimum absolute atomic E-state index is 0.559. The normalized spacial score (nSPS) is 24.2. The summed E-state index contributed by atoms with van der Waals surface area (Å²) in [6.45, 7) is 2.37. The minimum atomic E-state index is 0.559. The third kappa shape index (κ3) is 4.36. The molecule has 0 bridgehead atoms.